The van der Waals surface area contributed by atoms with Crippen molar-refractivity contribution in [1.29, 1.82) is 0 Å². The Bertz CT molecular complexity index is 431. The molecule has 0 bridgehead atoms. The van der Waals surface area contributed by atoms with Crippen molar-refractivity contribution in [3.63, 3.8) is 0 Å². The highest BCUT2D eigenvalue weighted by Crippen LogP contribution is 2.36. The van der Waals surface area contributed by atoms with E-state index in [1.165, 1.54) is 18.4 Å². The lowest BCUT2D eigenvalue weighted by Crippen LogP contribution is -2.42. The van der Waals surface area contributed by atoms with E-state index in [1.54, 1.807) is 0 Å². The number of halogens is 1. The highest BCUT2D eigenvalue weighted by Gasteiger charge is 2.31. The number of likely N-dealkylation sites (tertiary alicyclic amines) is 1. The van der Waals surface area contributed by atoms with Crippen LogP contribution >= 0.6 is 15.9 Å². The van der Waals surface area contributed by atoms with Crippen LogP contribution in [0.1, 0.15) is 45.2 Å². The Balaban J connectivity index is 2.04. The molecular formula is C17H27BrN2. The highest BCUT2D eigenvalue weighted by atomic mass is 79.9. The molecule has 112 valence electrons. The van der Waals surface area contributed by atoms with Gasteiger partial charge < -0.3 is 5.73 Å². The number of rotatable bonds is 3. The Morgan fingerprint density at radius 2 is 1.95 bits per heavy atom. The molecular weight excluding hydrogens is 312 g/mol. The van der Waals surface area contributed by atoms with Crippen LogP contribution in [-0.2, 0) is 0 Å². The van der Waals surface area contributed by atoms with Gasteiger partial charge in [-0.2, -0.15) is 0 Å². The second kappa shape index (κ2) is 6.59. The maximum atomic E-state index is 6.05. The molecule has 1 saturated heterocycles. The van der Waals surface area contributed by atoms with Crippen molar-refractivity contribution >= 4 is 15.9 Å². The van der Waals surface area contributed by atoms with Crippen molar-refractivity contribution < 1.29 is 0 Å². The lowest BCUT2D eigenvalue weighted by molar-refractivity contribution is 0.0846. The van der Waals surface area contributed by atoms with Crippen LogP contribution in [0.5, 0.6) is 0 Å². The molecule has 1 aliphatic heterocycles. The fourth-order valence-electron chi connectivity index (χ4n) is 3.29. The number of nitrogens with zero attached hydrogens (tertiary/aromatic N) is 1. The molecule has 1 heterocycles. The number of hydrogen-bond donors (Lipinski definition) is 1. The number of piperidine rings is 1. The summed E-state index contributed by atoms with van der Waals surface area (Å²) in [5.41, 5.74) is 7.81. The van der Waals surface area contributed by atoms with Crippen molar-refractivity contribution in [1.82, 2.24) is 4.90 Å². The first kappa shape index (κ1) is 16.0. The Morgan fingerprint density at radius 3 is 2.45 bits per heavy atom. The van der Waals surface area contributed by atoms with Crippen molar-refractivity contribution in [2.75, 3.05) is 19.6 Å². The van der Waals surface area contributed by atoms with Crippen LogP contribution < -0.4 is 5.73 Å². The van der Waals surface area contributed by atoms with Gasteiger partial charge in [0.2, 0.25) is 0 Å². The summed E-state index contributed by atoms with van der Waals surface area (Å²) in [5.74, 6) is 0.833. The van der Waals surface area contributed by atoms with Gasteiger partial charge in [-0.25, -0.2) is 0 Å². The normalized spacial score (nSPS) is 20.1. The molecule has 1 aromatic carbocycles. The van der Waals surface area contributed by atoms with Crippen LogP contribution in [-0.4, -0.2) is 24.5 Å². The summed E-state index contributed by atoms with van der Waals surface area (Å²) < 4.78 is 1.14. The van der Waals surface area contributed by atoms with Crippen molar-refractivity contribution in [3.8, 4) is 0 Å². The number of benzene rings is 1. The smallest absolute Gasteiger partial charge is 0.0470 e. The maximum absolute atomic E-state index is 6.05. The van der Waals surface area contributed by atoms with Gasteiger partial charge in [0, 0.05) is 17.1 Å². The Kier molecular flexibility index (Phi) is 5.27. The molecule has 1 atom stereocenters. The minimum atomic E-state index is 0.355. The number of hydrogen-bond acceptors (Lipinski definition) is 2. The van der Waals surface area contributed by atoms with Crippen molar-refractivity contribution in [2.24, 2.45) is 17.1 Å². The molecule has 0 radical (unpaired) electrons. The minimum Gasteiger partial charge on any atom is -0.329 e. The van der Waals surface area contributed by atoms with E-state index in [4.69, 9.17) is 5.73 Å². The summed E-state index contributed by atoms with van der Waals surface area (Å²) in [6.07, 6.45) is 2.57. The fraction of sp³-hybridized carbons (Fsp3) is 0.647. The quantitative estimate of drug-likeness (QED) is 0.894. The van der Waals surface area contributed by atoms with Gasteiger partial charge in [-0.3, -0.25) is 4.90 Å². The van der Waals surface area contributed by atoms with E-state index < -0.39 is 0 Å². The summed E-state index contributed by atoms with van der Waals surface area (Å²) in [5, 5.41) is 0. The van der Waals surface area contributed by atoms with Crippen LogP contribution in [0.4, 0.5) is 0 Å². The lowest BCUT2D eigenvalue weighted by atomic mass is 9.75. The summed E-state index contributed by atoms with van der Waals surface area (Å²) >= 11 is 3.56. The molecule has 2 N–H and O–H groups in total. The predicted molar refractivity (Wildman–Crippen MR) is 89.7 cm³/mol. The van der Waals surface area contributed by atoms with Crippen LogP contribution in [0.3, 0.4) is 0 Å². The zero-order valence-corrected chi connectivity index (χ0v) is 14.5. The molecule has 0 aromatic heterocycles. The topological polar surface area (TPSA) is 29.3 Å². The van der Waals surface area contributed by atoms with Crippen molar-refractivity contribution in [2.45, 2.75) is 39.7 Å². The average molecular weight is 339 g/mol. The van der Waals surface area contributed by atoms with Gasteiger partial charge in [0.25, 0.3) is 0 Å². The third-order valence-corrected chi connectivity index (χ3v) is 5.15. The first-order valence-electron chi connectivity index (χ1n) is 7.61. The molecule has 2 nitrogen and oxygen atoms in total. The molecule has 0 saturated carbocycles. The third-order valence-electron chi connectivity index (χ3n) is 4.65. The van der Waals surface area contributed by atoms with E-state index in [0.717, 1.165) is 23.5 Å². The Labute approximate surface area is 131 Å². The monoisotopic (exact) mass is 338 g/mol. The second-order valence-electron chi connectivity index (χ2n) is 6.98. The average Bonchev–Trinajstić information content (AvgIpc) is 2.39. The summed E-state index contributed by atoms with van der Waals surface area (Å²) in [4.78, 5) is 2.56. The van der Waals surface area contributed by atoms with Crippen LogP contribution in [0.2, 0.25) is 0 Å². The molecule has 0 spiro atoms. The summed E-state index contributed by atoms with van der Waals surface area (Å²) in [6.45, 7) is 10.1. The summed E-state index contributed by atoms with van der Waals surface area (Å²) in [7, 11) is 0. The summed E-state index contributed by atoms with van der Waals surface area (Å²) in [6, 6.07) is 8.92. The van der Waals surface area contributed by atoms with E-state index in [1.807, 2.05) is 0 Å². The van der Waals surface area contributed by atoms with E-state index in [2.05, 4.69) is 65.9 Å². The molecule has 0 amide bonds. The first-order chi connectivity index (χ1) is 9.41. The highest BCUT2D eigenvalue weighted by molar-refractivity contribution is 9.10. The van der Waals surface area contributed by atoms with Crippen molar-refractivity contribution in [3.05, 3.63) is 34.3 Å². The van der Waals surface area contributed by atoms with Gasteiger partial charge in [-0.05, 0) is 55.0 Å². The van der Waals surface area contributed by atoms with Gasteiger partial charge in [-0.1, -0.05) is 48.8 Å². The number of nitrogens with two attached hydrogens (primary N) is 1. The van der Waals surface area contributed by atoms with Gasteiger partial charge in [0.05, 0.1) is 0 Å². The molecule has 2 rings (SSSR count). The molecule has 1 unspecified atom stereocenters. The van der Waals surface area contributed by atoms with Gasteiger partial charge in [0.15, 0.2) is 0 Å². The Hall–Kier alpha value is -0.380. The Morgan fingerprint density at radius 1 is 1.30 bits per heavy atom. The maximum Gasteiger partial charge on any atom is 0.0470 e. The minimum absolute atomic E-state index is 0.355. The second-order valence-corrected chi connectivity index (χ2v) is 7.90. The van der Waals surface area contributed by atoms with E-state index in [0.29, 0.717) is 18.0 Å². The van der Waals surface area contributed by atoms with E-state index in [9.17, 15) is 0 Å². The van der Waals surface area contributed by atoms with Gasteiger partial charge in [0.1, 0.15) is 0 Å². The van der Waals surface area contributed by atoms with Gasteiger partial charge >= 0.3 is 0 Å². The lowest BCUT2D eigenvalue weighted by Gasteiger charge is -2.41. The van der Waals surface area contributed by atoms with E-state index in [-0.39, 0.29) is 0 Å². The molecule has 1 aliphatic rings. The van der Waals surface area contributed by atoms with Crippen LogP contribution in [0, 0.1) is 11.3 Å². The first-order valence-corrected chi connectivity index (χ1v) is 8.40. The molecule has 20 heavy (non-hydrogen) atoms. The zero-order valence-electron chi connectivity index (χ0n) is 12.9. The molecule has 1 fully saturated rings. The van der Waals surface area contributed by atoms with E-state index >= 15 is 0 Å². The molecule has 3 heteroatoms. The fourth-order valence-corrected chi connectivity index (χ4v) is 3.70. The standard InChI is InChI=1S/C17H27BrN2/c1-17(2,3)14-7-9-20(10-8-14)16(12-19)13-5-4-6-15(18)11-13/h4-6,11,14,16H,7-10,12,19H2,1-3H3. The largest absolute Gasteiger partial charge is 0.329 e. The SMILES string of the molecule is CC(C)(C)C1CCN(C(CN)c2cccc(Br)c2)CC1. The van der Waals surface area contributed by atoms with Crippen LogP contribution in [0.25, 0.3) is 0 Å². The molecule has 0 aliphatic carbocycles. The van der Waals surface area contributed by atoms with Gasteiger partial charge in [-0.15, -0.1) is 0 Å². The molecule has 1 aromatic rings. The van der Waals surface area contributed by atoms with Crippen LogP contribution in [0.15, 0.2) is 28.7 Å². The zero-order chi connectivity index (χ0) is 14.8. The predicted octanol–water partition coefficient (Wildman–Crippen LogP) is 4.21. The third kappa shape index (κ3) is 3.84.